The molecule has 1 aromatic rings. The maximum Gasteiger partial charge on any atom is 0.365 e. The van der Waals surface area contributed by atoms with Gasteiger partial charge in [-0.15, -0.1) is 5.10 Å². The van der Waals surface area contributed by atoms with E-state index in [1.54, 1.807) is 0 Å². The summed E-state index contributed by atoms with van der Waals surface area (Å²) in [5, 5.41) is 3.51. The quantitative estimate of drug-likeness (QED) is 0.478. The number of halogens is 1. The highest BCUT2D eigenvalue weighted by Gasteiger charge is 2.02. The second kappa shape index (κ2) is 1.77. The molecular formula is C3H5ClN4O. The predicted molar refractivity (Wildman–Crippen MR) is 32.6 cm³/mol. The zero-order valence-electron chi connectivity index (χ0n) is 4.71. The first-order chi connectivity index (χ1) is 4.13. The first-order valence-corrected chi connectivity index (χ1v) is 2.57. The third-order valence-corrected chi connectivity index (χ3v) is 1.17. The van der Waals surface area contributed by atoms with Crippen LogP contribution in [0.25, 0.3) is 0 Å². The van der Waals surface area contributed by atoms with Crippen LogP contribution in [0.1, 0.15) is 0 Å². The van der Waals surface area contributed by atoms with Crippen LogP contribution in [-0.2, 0) is 7.05 Å². The number of aromatic nitrogens is 3. The Labute approximate surface area is 55.6 Å². The molecular weight excluding hydrogens is 144 g/mol. The Morgan fingerprint density at radius 2 is 2.33 bits per heavy atom. The Morgan fingerprint density at radius 1 is 1.78 bits per heavy atom. The molecule has 1 heterocycles. The lowest BCUT2D eigenvalue weighted by Gasteiger charge is -1.83. The molecule has 1 rings (SSSR count). The highest BCUT2D eigenvalue weighted by atomic mass is 35.5. The molecule has 0 aromatic carbocycles. The van der Waals surface area contributed by atoms with Gasteiger partial charge in [0.1, 0.15) is 0 Å². The molecule has 0 amide bonds. The maximum absolute atomic E-state index is 10.6. The molecule has 1 aromatic heterocycles. The Bertz CT molecular complexity index is 274. The first-order valence-electron chi connectivity index (χ1n) is 2.19. The van der Waals surface area contributed by atoms with E-state index in [2.05, 4.69) is 5.10 Å². The number of aryl methyl sites for hydroxylation is 1. The molecule has 0 aliphatic heterocycles. The third kappa shape index (κ3) is 0.787. The standard InChI is InChI=1S/C3H5ClN4O/c1-7-3(9)8(5)2(4)6-7/h5H2,1H3. The van der Waals surface area contributed by atoms with Crippen LogP contribution in [0.3, 0.4) is 0 Å². The Morgan fingerprint density at radius 3 is 2.44 bits per heavy atom. The van der Waals surface area contributed by atoms with E-state index in [1.807, 2.05) is 0 Å². The lowest BCUT2D eigenvalue weighted by molar-refractivity contribution is 0.722. The average molecular weight is 149 g/mol. The topological polar surface area (TPSA) is 65.8 Å². The minimum absolute atomic E-state index is 0.0116. The lowest BCUT2D eigenvalue weighted by atomic mass is 11.1. The van der Waals surface area contributed by atoms with Crippen LogP contribution in [-0.4, -0.2) is 14.5 Å². The number of hydrogen-bond donors (Lipinski definition) is 1. The van der Waals surface area contributed by atoms with Crippen molar-refractivity contribution in [3.05, 3.63) is 15.8 Å². The van der Waals surface area contributed by atoms with Crippen molar-refractivity contribution in [2.75, 3.05) is 5.84 Å². The third-order valence-electron chi connectivity index (χ3n) is 0.914. The van der Waals surface area contributed by atoms with Gasteiger partial charge in [0.2, 0.25) is 5.28 Å². The van der Waals surface area contributed by atoms with Crippen molar-refractivity contribution in [3.8, 4) is 0 Å². The minimum atomic E-state index is -0.431. The van der Waals surface area contributed by atoms with E-state index in [9.17, 15) is 4.79 Å². The van der Waals surface area contributed by atoms with Crippen molar-refractivity contribution in [2.45, 2.75) is 0 Å². The molecule has 0 aliphatic rings. The van der Waals surface area contributed by atoms with Crippen molar-refractivity contribution >= 4 is 11.6 Å². The number of nitrogens with two attached hydrogens (primary N) is 1. The van der Waals surface area contributed by atoms with Crippen molar-refractivity contribution in [3.63, 3.8) is 0 Å². The van der Waals surface area contributed by atoms with Crippen molar-refractivity contribution < 1.29 is 0 Å². The normalized spacial score (nSPS) is 10.0. The van der Waals surface area contributed by atoms with Crippen LogP contribution in [0.15, 0.2) is 4.79 Å². The summed E-state index contributed by atoms with van der Waals surface area (Å²) in [4.78, 5) is 10.6. The smallest absolute Gasteiger partial charge is 0.332 e. The molecule has 0 saturated heterocycles. The summed E-state index contributed by atoms with van der Waals surface area (Å²) >= 11 is 5.34. The molecule has 0 radical (unpaired) electrons. The van der Waals surface area contributed by atoms with Gasteiger partial charge in [0.15, 0.2) is 0 Å². The molecule has 0 atom stereocenters. The molecule has 0 aliphatic carbocycles. The van der Waals surface area contributed by atoms with Crippen LogP contribution in [0.5, 0.6) is 0 Å². The fourth-order valence-electron chi connectivity index (χ4n) is 0.450. The van der Waals surface area contributed by atoms with E-state index in [-0.39, 0.29) is 5.28 Å². The number of hydrogen-bond acceptors (Lipinski definition) is 3. The predicted octanol–water partition coefficient (Wildman–Crippen LogP) is -1.05. The van der Waals surface area contributed by atoms with E-state index in [0.29, 0.717) is 0 Å². The summed E-state index contributed by atoms with van der Waals surface area (Å²) < 4.78 is 1.82. The monoisotopic (exact) mass is 148 g/mol. The van der Waals surface area contributed by atoms with Gasteiger partial charge in [0.25, 0.3) is 0 Å². The summed E-state index contributed by atoms with van der Waals surface area (Å²) in [5.41, 5.74) is -0.431. The fourth-order valence-corrected chi connectivity index (χ4v) is 0.635. The van der Waals surface area contributed by atoms with Gasteiger partial charge in [-0.05, 0) is 11.6 Å². The largest absolute Gasteiger partial charge is 0.365 e. The van der Waals surface area contributed by atoms with Crippen LogP contribution < -0.4 is 11.5 Å². The Kier molecular flexibility index (Phi) is 1.21. The summed E-state index contributed by atoms with van der Waals surface area (Å²) in [5.74, 6) is 5.09. The maximum atomic E-state index is 10.6. The first kappa shape index (κ1) is 6.15. The molecule has 0 saturated carbocycles. The SMILES string of the molecule is Cn1nc(Cl)n(N)c1=O. The molecule has 0 fully saturated rings. The Hall–Kier alpha value is -0.970. The van der Waals surface area contributed by atoms with Crippen LogP contribution in [0.4, 0.5) is 0 Å². The second-order valence-corrected chi connectivity index (χ2v) is 1.88. The van der Waals surface area contributed by atoms with E-state index in [0.717, 1.165) is 9.36 Å². The van der Waals surface area contributed by atoms with Gasteiger partial charge in [-0.2, -0.15) is 4.68 Å². The van der Waals surface area contributed by atoms with Gasteiger partial charge < -0.3 is 5.84 Å². The zero-order valence-corrected chi connectivity index (χ0v) is 5.46. The molecule has 0 bridgehead atoms. The Balaban J connectivity index is 3.48. The highest BCUT2D eigenvalue weighted by molar-refractivity contribution is 6.28. The second-order valence-electron chi connectivity index (χ2n) is 1.55. The van der Waals surface area contributed by atoms with Gasteiger partial charge in [-0.1, -0.05) is 0 Å². The zero-order chi connectivity index (χ0) is 7.02. The van der Waals surface area contributed by atoms with Gasteiger partial charge in [-0.3, -0.25) is 0 Å². The van der Waals surface area contributed by atoms with Gasteiger partial charge in [0.05, 0.1) is 0 Å². The molecule has 9 heavy (non-hydrogen) atoms. The van der Waals surface area contributed by atoms with E-state index < -0.39 is 5.69 Å². The summed E-state index contributed by atoms with van der Waals surface area (Å²) in [6.07, 6.45) is 0. The molecule has 2 N–H and O–H groups in total. The number of nitrogens with zero attached hydrogens (tertiary/aromatic N) is 3. The molecule has 6 heteroatoms. The summed E-state index contributed by atoms with van der Waals surface area (Å²) in [6, 6.07) is 0. The van der Waals surface area contributed by atoms with Crippen LogP contribution >= 0.6 is 11.6 Å². The number of nitrogen functional groups attached to an aromatic ring is 1. The van der Waals surface area contributed by atoms with Gasteiger partial charge in [-0.25, -0.2) is 9.48 Å². The van der Waals surface area contributed by atoms with Crippen molar-refractivity contribution in [1.29, 1.82) is 0 Å². The van der Waals surface area contributed by atoms with Gasteiger partial charge in [0, 0.05) is 7.05 Å². The molecule has 0 spiro atoms. The van der Waals surface area contributed by atoms with E-state index >= 15 is 0 Å². The van der Waals surface area contributed by atoms with Crippen molar-refractivity contribution in [2.24, 2.45) is 7.05 Å². The van der Waals surface area contributed by atoms with E-state index in [4.69, 9.17) is 17.4 Å². The lowest BCUT2D eigenvalue weighted by Crippen LogP contribution is -2.28. The molecule has 0 unspecified atom stereocenters. The highest BCUT2D eigenvalue weighted by Crippen LogP contribution is 1.93. The number of rotatable bonds is 0. The van der Waals surface area contributed by atoms with Crippen molar-refractivity contribution in [1.82, 2.24) is 14.5 Å². The molecule has 5 nitrogen and oxygen atoms in total. The summed E-state index contributed by atoms with van der Waals surface area (Å²) in [6.45, 7) is 0. The van der Waals surface area contributed by atoms with Gasteiger partial charge >= 0.3 is 5.69 Å². The minimum Gasteiger partial charge on any atom is -0.332 e. The van der Waals surface area contributed by atoms with Crippen LogP contribution in [0, 0.1) is 0 Å². The van der Waals surface area contributed by atoms with E-state index in [1.165, 1.54) is 7.05 Å². The molecule has 50 valence electrons. The summed E-state index contributed by atoms with van der Waals surface area (Å²) in [7, 11) is 1.47. The average Bonchev–Trinajstić information content (AvgIpc) is 1.98. The van der Waals surface area contributed by atoms with Crippen LogP contribution in [0.2, 0.25) is 5.28 Å². The fraction of sp³-hybridized carbons (Fsp3) is 0.333.